The molecule has 0 aliphatic rings. The lowest BCUT2D eigenvalue weighted by Gasteiger charge is -2.27. The van der Waals surface area contributed by atoms with Crippen LogP contribution in [0, 0.1) is 0 Å². The maximum atomic E-state index is 11.9. The Morgan fingerprint density at radius 2 is 1.63 bits per heavy atom. The van der Waals surface area contributed by atoms with E-state index in [-0.39, 0.29) is 10.8 Å². The van der Waals surface area contributed by atoms with Gasteiger partial charge in [-0.1, -0.05) is 58.4 Å². The van der Waals surface area contributed by atoms with Gasteiger partial charge < -0.3 is 9.42 Å². The lowest BCUT2D eigenvalue weighted by atomic mass is 9.80. The van der Waals surface area contributed by atoms with Crippen LogP contribution in [-0.2, 0) is 15.6 Å². The van der Waals surface area contributed by atoms with Crippen molar-refractivity contribution in [2.45, 2.75) is 52.4 Å². The monoisotopic (exact) mass is 288 g/mol. The van der Waals surface area contributed by atoms with Crippen molar-refractivity contribution in [1.82, 2.24) is 0 Å². The van der Waals surface area contributed by atoms with Crippen LogP contribution < -0.4 is 4.52 Å². The first-order valence-corrected chi connectivity index (χ1v) is 7.29. The van der Waals surface area contributed by atoms with Gasteiger partial charge in [0.15, 0.2) is 0 Å². The molecule has 1 aromatic carbocycles. The van der Waals surface area contributed by atoms with Gasteiger partial charge in [-0.05, 0) is 27.0 Å². The molecular weight excluding hydrogens is 266 g/mol. The van der Waals surface area contributed by atoms with E-state index in [0.29, 0.717) is 5.75 Å². The lowest BCUT2D eigenvalue weighted by Crippen LogP contribution is -2.17. The molecule has 0 radical (unpaired) electrons. The van der Waals surface area contributed by atoms with E-state index >= 15 is 0 Å². The van der Waals surface area contributed by atoms with Crippen molar-refractivity contribution in [1.29, 1.82) is 0 Å². The minimum atomic E-state index is -2.52. The van der Waals surface area contributed by atoms with Crippen molar-refractivity contribution >= 4 is 8.60 Å². The number of hydrogen-bond acceptors (Lipinski definition) is 3. The van der Waals surface area contributed by atoms with E-state index in [1.54, 1.807) is 6.07 Å². The van der Waals surface area contributed by atoms with E-state index < -0.39 is 8.60 Å². The van der Waals surface area contributed by atoms with Crippen LogP contribution in [0.15, 0.2) is 18.2 Å². The molecule has 0 aliphatic carbocycles. The van der Waals surface area contributed by atoms with Gasteiger partial charge in [-0.25, -0.2) is 0 Å². The first-order valence-electron chi connectivity index (χ1n) is 6.16. The highest BCUT2D eigenvalue weighted by molar-refractivity contribution is 7.40. The molecule has 0 aliphatic heterocycles. The van der Waals surface area contributed by atoms with Crippen LogP contribution in [-0.4, -0.2) is 4.89 Å². The Labute approximate surface area is 115 Å². The normalized spacial score (nSPS) is 14.3. The number of rotatable bonds is 3. The average Bonchev–Trinajstić information content (AvgIpc) is 2.26. The van der Waals surface area contributed by atoms with Crippen LogP contribution in [0.1, 0.15) is 52.7 Å². The van der Waals surface area contributed by atoms with Gasteiger partial charge in [-0.15, -0.1) is 0 Å². The van der Waals surface area contributed by atoms with Crippen LogP contribution in [0.4, 0.5) is 4.53 Å². The molecule has 0 spiro atoms. The first kappa shape index (κ1) is 16.4. The van der Waals surface area contributed by atoms with Gasteiger partial charge in [0, 0.05) is 5.56 Å². The second-order valence-electron chi connectivity index (χ2n) is 6.61. The molecule has 19 heavy (non-hydrogen) atoms. The number of hydrogen-bond donors (Lipinski definition) is 1. The summed E-state index contributed by atoms with van der Waals surface area (Å²) in [6.45, 7) is 12.5. The SMILES string of the molecule is CC(C)(C)c1ccc(OP(O)OF)c(C(C)(C)C)c1. The van der Waals surface area contributed by atoms with Crippen molar-refractivity contribution in [2.24, 2.45) is 0 Å². The van der Waals surface area contributed by atoms with E-state index in [9.17, 15) is 9.42 Å². The molecule has 3 nitrogen and oxygen atoms in total. The zero-order chi connectivity index (χ0) is 14.8. The summed E-state index contributed by atoms with van der Waals surface area (Å²) in [5, 5.41) is 0. The van der Waals surface area contributed by atoms with Gasteiger partial charge in [-0.3, -0.25) is 0 Å². The van der Waals surface area contributed by atoms with Gasteiger partial charge in [0.25, 0.3) is 0 Å². The number of halogens is 1. The fraction of sp³-hybridized carbons (Fsp3) is 0.571. The summed E-state index contributed by atoms with van der Waals surface area (Å²) in [6, 6.07) is 5.72. The first-order chi connectivity index (χ1) is 8.55. The summed E-state index contributed by atoms with van der Waals surface area (Å²) in [7, 11) is -2.52. The Hall–Kier alpha value is -0.700. The third-order valence-corrected chi connectivity index (χ3v) is 3.36. The molecule has 0 saturated heterocycles. The summed E-state index contributed by atoms with van der Waals surface area (Å²) >= 11 is 0. The van der Waals surface area contributed by atoms with E-state index in [2.05, 4.69) is 25.5 Å². The maximum absolute atomic E-state index is 11.9. The molecule has 0 amide bonds. The molecule has 0 fully saturated rings. The summed E-state index contributed by atoms with van der Waals surface area (Å²) in [5.41, 5.74) is 1.91. The second-order valence-corrected chi connectivity index (χ2v) is 7.41. The molecular formula is C14H22FO3P. The zero-order valence-corrected chi connectivity index (χ0v) is 13.2. The third-order valence-electron chi connectivity index (χ3n) is 2.89. The van der Waals surface area contributed by atoms with Crippen LogP contribution in [0.25, 0.3) is 0 Å². The highest BCUT2D eigenvalue weighted by Crippen LogP contribution is 2.42. The predicted molar refractivity (Wildman–Crippen MR) is 75.8 cm³/mol. The molecule has 1 rings (SSSR count). The molecule has 1 N–H and O–H groups in total. The van der Waals surface area contributed by atoms with Crippen molar-refractivity contribution in [3.05, 3.63) is 29.3 Å². The highest BCUT2D eigenvalue weighted by Gasteiger charge is 2.24. The summed E-state index contributed by atoms with van der Waals surface area (Å²) in [6.07, 6.45) is 0. The van der Waals surface area contributed by atoms with Crippen molar-refractivity contribution in [2.75, 3.05) is 0 Å². The summed E-state index contributed by atoms with van der Waals surface area (Å²) in [4.78, 5) is 9.18. The van der Waals surface area contributed by atoms with Crippen LogP contribution >= 0.6 is 8.60 Å². The van der Waals surface area contributed by atoms with E-state index in [4.69, 9.17) is 4.52 Å². The third kappa shape index (κ3) is 4.41. The molecule has 0 aromatic heterocycles. The van der Waals surface area contributed by atoms with Gasteiger partial charge in [0.2, 0.25) is 0 Å². The van der Waals surface area contributed by atoms with Gasteiger partial charge >= 0.3 is 8.60 Å². The van der Waals surface area contributed by atoms with Gasteiger partial charge in [0.05, 0.1) is 0 Å². The second kappa shape index (κ2) is 5.74. The summed E-state index contributed by atoms with van der Waals surface area (Å²) in [5.74, 6) is 0.451. The molecule has 5 heteroatoms. The Balaban J connectivity index is 3.26. The molecule has 0 bridgehead atoms. The van der Waals surface area contributed by atoms with Gasteiger partial charge in [-0.2, -0.15) is 0 Å². The quantitative estimate of drug-likeness (QED) is 0.813. The number of benzene rings is 1. The van der Waals surface area contributed by atoms with E-state index in [1.807, 2.05) is 32.9 Å². The molecule has 0 heterocycles. The van der Waals surface area contributed by atoms with Crippen LogP contribution in [0.3, 0.4) is 0 Å². The maximum Gasteiger partial charge on any atom is 0.428 e. The topological polar surface area (TPSA) is 38.7 Å². The van der Waals surface area contributed by atoms with Crippen molar-refractivity contribution < 1.29 is 18.7 Å². The standard InChI is InChI=1S/C14H22FO3P/c1-13(2,3)10-7-8-12(17-19(16)18-15)11(9-10)14(4,5)6/h7-9,16H,1-6H3. The zero-order valence-electron chi connectivity index (χ0n) is 12.3. The molecule has 1 aromatic rings. The molecule has 1 unspecified atom stereocenters. The fourth-order valence-corrected chi connectivity index (χ4v) is 2.12. The van der Waals surface area contributed by atoms with Crippen LogP contribution in [0.2, 0.25) is 0 Å². The Bertz CT molecular complexity index is 435. The smallest absolute Gasteiger partial charge is 0.425 e. The Morgan fingerprint density at radius 3 is 2.05 bits per heavy atom. The fourth-order valence-electron chi connectivity index (χ4n) is 1.76. The molecule has 1 atom stereocenters. The van der Waals surface area contributed by atoms with E-state index in [1.165, 1.54) is 0 Å². The van der Waals surface area contributed by atoms with Crippen molar-refractivity contribution in [3.63, 3.8) is 0 Å². The largest absolute Gasteiger partial charge is 0.428 e. The Morgan fingerprint density at radius 1 is 1.05 bits per heavy atom. The highest BCUT2D eigenvalue weighted by atomic mass is 31.2. The van der Waals surface area contributed by atoms with E-state index in [0.717, 1.165) is 11.1 Å². The molecule has 0 saturated carbocycles. The lowest BCUT2D eigenvalue weighted by molar-refractivity contribution is -0.0179. The average molecular weight is 288 g/mol. The van der Waals surface area contributed by atoms with Gasteiger partial charge in [0.1, 0.15) is 5.75 Å². The predicted octanol–water partition coefficient (Wildman–Crippen LogP) is 4.78. The van der Waals surface area contributed by atoms with Crippen LogP contribution in [0.5, 0.6) is 5.75 Å². The minimum Gasteiger partial charge on any atom is -0.425 e. The Kier molecular flexibility index (Phi) is 4.94. The minimum absolute atomic E-state index is 0.0130. The van der Waals surface area contributed by atoms with Crippen molar-refractivity contribution in [3.8, 4) is 5.75 Å². The summed E-state index contributed by atoms with van der Waals surface area (Å²) < 4.78 is 20.4. The molecule has 108 valence electrons.